The lowest BCUT2D eigenvalue weighted by molar-refractivity contribution is 0.114. The van der Waals surface area contributed by atoms with Crippen LogP contribution in [0, 0.1) is 0 Å². The molecule has 5 heteroatoms. The molecule has 134 valence electrons. The molecule has 0 spiro atoms. The Hall–Kier alpha value is -2.92. The van der Waals surface area contributed by atoms with Crippen molar-refractivity contribution in [3.8, 4) is 17.2 Å². The first-order chi connectivity index (χ1) is 12.8. The van der Waals surface area contributed by atoms with Gasteiger partial charge in [0.15, 0.2) is 6.23 Å². The van der Waals surface area contributed by atoms with Gasteiger partial charge >= 0.3 is 0 Å². The van der Waals surface area contributed by atoms with Crippen LogP contribution in [0.3, 0.4) is 0 Å². The molecule has 0 radical (unpaired) electrons. The summed E-state index contributed by atoms with van der Waals surface area (Å²) in [7, 11) is 3.36. The summed E-state index contributed by atoms with van der Waals surface area (Å²) in [5, 5.41) is 0. The van der Waals surface area contributed by atoms with Gasteiger partial charge in [-0.3, -0.25) is 0 Å². The van der Waals surface area contributed by atoms with E-state index in [1.807, 2.05) is 36.4 Å². The first-order valence-electron chi connectivity index (χ1n) is 8.63. The summed E-state index contributed by atoms with van der Waals surface area (Å²) >= 11 is 0. The van der Waals surface area contributed by atoms with Crippen LogP contribution in [0.1, 0.15) is 11.8 Å². The van der Waals surface area contributed by atoms with Gasteiger partial charge in [0, 0.05) is 48.0 Å². The van der Waals surface area contributed by atoms with Crippen LogP contribution in [0.5, 0.6) is 11.5 Å². The summed E-state index contributed by atoms with van der Waals surface area (Å²) < 4.78 is 18.8. The van der Waals surface area contributed by atoms with Crippen molar-refractivity contribution in [3.63, 3.8) is 0 Å². The second-order valence-corrected chi connectivity index (χ2v) is 6.17. The van der Waals surface area contributed by atoms with Crippen LogP contribution in [0.4, 0.5) is 5.69 Å². The van der Waals surface area contributed by atoms with Crippen molar-refractivity contribution in [1.82, 2.24) is 4.57 Å². The summed E-state index contributed by atoms with van der Waals surface area (Å²) in [6, 6.07) is 18.2. The third kappa shape index (κ3) is 3.13. The smallest absolute Gasteiger partial charge is 0.158 e. The molecule has 1 fully saturated rings. The van der Waals surface area contributed by atoms with Gasteiger partial charge in [-0.15, -0.1) is 0 Å². The average Bonchev–Trinajstić information content (AvgIpc) is 3.37. The van der Waals surface area contributed by atoms with Crippen molar-refractivity contribution in [2.75, 3.05) is 32.3 Å². The van der Waals surface area contributed by atoms with Crippen molar-refractivity contribution in [1.29, 1.82) is 0 Å². The quantitative estimate of drug-likeness (QED) is 0.696. The molecule has 1 aliphatic heterocycles. The first-order valence-corrected chi connectivity index (χ1v) is 8.63. The Morgan fingerprint density at radius 3 is 2.35 bits per heavy atom. The van der Waals surface area contributed by atoms with Gasteiger partial charge < -0.3 is 23.7 Å². The molecule has 0 amide bonds. The fraction of sp³-hybridized carbons (Fsp3) is 0.238. The third-order valence-electron chi connectivity index (χ3n) is 4.63. The maximum absolute atomic E-state index is 6.02. The highest BCUT2D eigenvalue weighted by molar-refractivity contribution is 5.53. The Morgan fingerprint density at radius 1 is 0.923 bits per heavy atom. The third-order valence-corrected chi connectivity index (χ3v) is 4.63. The lowest BCUT2D eigenvalue weighted by Crippen LogP contribution is -2.22. The van der Waals surface area contributed by atoms with Crippen molar-refractivity contribution < 1.29 is 14.2 Å². The molecule has 1 aliphatic rings. The number of methoxy groups -OCH3 is 2. The lowest BCUT2D eigenvalue weighted by atomic mass is 10.2. The summed E-state index contributed by atoms with van der Waals surface area (Å²) in [5.74, 6) is 1.69. The van der Waals surface area contributed by atoms with Crippen molar-refractivity contribution in [2.45, 2.75) is 6.23 Å². The number of hydrogen-bond acceptors (Lipinski definition) is 4. The van der Waals surface area contributed by atoms with E-state index in [2.05, 4.69) is 40.1 Å². The van der Waals surface area contributed by atoms with E-state index in [-0.39, 0.29) is 6.23 Å². The highest BCUT2D eigenvalue weighted by atomic mass is 16.5. The minimum absolute atomic E-state index is 0.103. The molecule has 3 aromatic rings. The van der Waals surface area contributed by atoms with Crippen LogP contribution < -0.4 is 14.4 Å². The summed E-state index contributed by atoms with van der Waals surface area (Å²) in [4.78, 5) is 2.26. The highest BCUT2D eigenvalue weighted by Gasteiger charge is 2.28. The largest absolute Gasteiger partial charge is 0.497 e. The Balaban J connectivity index is 1.61. The Morgan fingerprint density at radius 2 is 1.62 bits per heavy atom. The molecule has 0 aliphatic carbocycles. The Kier molecular flexibility index (Phi) is 4.54. The molecule has 2 heterocycles. The second-order valence-electron chi connectivity index (χ2n) is 6.17. The van der Waals surface area contributed by atoms with Gasteiger partial charge in [-0.05, 0) is 30.3 Å². The van der Waals surface area contributed by atoms with Crippen LogP contribution in [0.15, 0.2) is 67.0 Å². The van der Waals surface area contributed by atoms with E-state index in [0.29, 0.717) is 6.61 Å². The Labute approximate surface area is 153 Å². The van der Waals surface area contributed by atoms with Gasteiger partial charge in [0.1, 0.15) is 11.5 Å². The lowest BCUT2D eigenvalue weighted by Gasteiger charge is -2.25. The number of hydrogen-bond donors (Lipinski definition) is 0. The molecule has 4 rings (SSSR count). The van der Waals surface area contributed by atoms with E-state index in [1.165, 1.54) is 0 Å². The molecule has 26 heavy (non-hydrogen) atoms. The van der Waals surface area contributed by atoms with E-state index in [4.69, 9.17) is 14.2 Å². The van der Waals surface area contributed by atoms with Crippen molar-refractivity contribution in [3.05, 3.63) is 72.6 Å². The standard InChI is InChI=1S/C21H22N2O3/c1-24-19-7-3-5-17(13-19)22-10-9-16(15-22)21-23(11-12-26-21)18-6-4-8-20(14-18)25-2/h3-10,13-15,21H,11-12H2,1-2H3. The van der Waals surface area contributed by atoms with Crippen molar-refractivity contribution >= 4 is 5.69 Å². The molecule has 2 aromatic carbocycles. The highest BCUT2D eigenvalue weighted by Crippen LogP contribution is 2.34. The molecule has 1 unspecified atom stereocenters. The maximum atomic E-state index is 6.02. The van der Waals surface area contributed by atoms with E-state index in [9.17, 15) is 0 Å². The summed E-state index contributed by atoms with van der Waals surface area (Å²) in [5.41, 5.74) is 3.27. The van der Waals surface area contributed by atoms with Gasteiger partial charge in [-0.25, -0.2) is 0 Å². The number of aromatic nitrogens is 1. The zero-order valence-corrected chi connectivity index (χ0v) is 15.0. The fourth-order valence-corrected chi connectivity index (χ4v) is 3.29. The molecule has 0 bridgehead atoms. The van der Waals surface area contributed by atoms with Crippen LogP contribution in [0.2, 0.25) is 0 Å². The number of rotatable bonds is 5. The zero-order chi connectivity index (χ0) is 17.9. The van der Waals surface area contributed by atoms with Gasteiger partial charge in [-0.2, -0.15) is 0 Å². The number of nitrogens with zero attached hydrogens (tertiary/aromatic N) is 2. The Bertz CT molecular complexity index is 890. The minimum Gasteiger partial charge on any atom is -0.497 e. The fourth-order valence-electron chi connectivity index (χ4n) is 3.29. The normalized spacial score (nSPS) is 16.7. The molecule has 0 N–H and O–H groups in total. The molecular weight excluding hydrogens is 328 g/mol. The predicted molar refractivity (Wildman–Crippen MR) is 101 cm³/mol. The SMILES string of the molecule is COc1cccc(N2CCOC2c2ccn(-c3cccc(OC)c3)c2)c1. The van der Waals surface area contributed by atoms with Crippen LogP contribution in [-0.4, -0.2) is 31.9 Å². The zero-order valence-electron chi connectivity index (χ0n) is 15.0. The predicted octanol–water partition coefficient (Wildman–Crippen LogP) is 4.03. The van der Waals surface area contributed by atoms with E-state index in [1.54, 1.807) is 14.2 Å². The monoisotopic (exact) mass is 350 g/mol. The number of benzene rings is 2. The van der Waals surface area contributed by atoms with E-state index < -0.39 is 0 Å². The average molecular weight is 350 g/mol. The number of ether oxygens (including phenoxy) is 3. The van der Waals surface area contributed by atoms with Crippen LogP contribution in [0.25, 0.3) is 5.69 Å². The molecule has 1 saturated heterocycles. The van der Waals surface area contributed by atoms with Gasteiger partial charge in [-0.1, -0.05) is 12.1 Å². The van der Waals surface area contributed by atoms with Gasteiger partial charge in [0.2, 0.25) is 0 Å². The van der Waals surface area contributed by atoms with Crippen molar-refractivity contribution in [2.24, 2.45) is 0 Å². The van der Waals surface area contributed by atoms with Gasteiger partial charge in [0.05, 0.1) is 20.8 Å². The second kappa shape index (κ2) is 7.14. The number of anilines is 1. The van der Waals surface area contributed by atoms with Crippen LogP contribution in [-0.2, 0) is 4.74 Å². The molecule has 0 saturated carbocycles. The van der Waals surface area contributed by atoms with E-state index >= 15 is 0 Å². The molecular formula is C21H22N2O3. The summed E-state index contributed by atoms with van der Waals surface area (Å²) in [6.45, 7) is 1.55. The summed E-state index contributed by atoms with van der Waals surface area (Å²) in [6.07, 6.45) is 4.06. The maximum Gasteiger partial charge on any atom is 0.158 e. The molecule has 1 atom stereocenters. The molecule has 1 aromatic heterocycles. The minimum atomic E-state index is -0.103. The van der Waals surface area contributed by atoms with Crippen LogP contribution >= 0.6 is 0 Å². The topological polar surface area (TPSA) is 35.9 Å². The first kappa shape index (κ1) is 16.5. The van der Waals surface area contributed by atoms with Gasteiger partial charge in [0.25, 0.3) is 0 Å². The van der Waals surface area contributed by atoms with E-state index in [0.717, 1.165) is 35.0 Å². The molecule has 5 nitrogen and oxygen atoms in total.